The average molecular weight is 403 g/mol. The molecule has 0 radical (unpaired) electrons. The topological polar surface area (TPSA) is 97.8 Å². The standard InChI is InChI=1S/C19H21N3O5S/c1-12(18(25)21-14-6-3-4-7-15(14)26-2)27-17(24)10-13-11-28-19(20-13)22-9-5-8-16(22)23/h3-4,6-7,11-12H,5,8-10H2,1-2H3,(H,21,25). The van der Waals surface area contributed by atoms with Gasteiger partial charge in [0.25, 0.3) is 5.91 Å². The number of nitrogens with zero attached hydrogens (tertiary/aromatic N) is 2. The number of ether oxygens (including phenoxy) is 2. The second kappa shape index (κ2) is 8.83. The van der Waals surface area contributed by atoms with Gasteiger partial charge in [0.2, 0.25) is 5.91 Å². The Balaban J connectivity index is 1.53. The van der Waals surface area contributed by atoms with Crippen LogP contribution in [-0.2, 0) is 25.5 Å². The Morgan fingerprint density at radius 2 is 2.14 bits per heavy atom. The molecular weight excluding hydrogens is 382 g/mol. The van der Waals surface area contributed by atoms with Crippen molar-refractivity contribution in [1.29, 1.82) is 0 Å². The number of aromatic nitrogens is 1. The van der Waals surface area contributed by atoms with Gasteiger partial charge < -0.3 is 14.8 Å². The van der Waals surface area contributed by atoms with E-state index in [-0.39, 0.29) is 12.3 Å². The molecule has 0 aliphatic carbocycles. The molecule has 1 fully saturated rings. The maximum atomic E-state index is 12.3. The van der Waals surface area contributed by atoms with Crippen LogP contribution in [0.25, 0.3) is 0 Å². The third-order valence-electron chi connectivity index (χ3n) is 4.21. The lowest BCUT2D eigenvalue weighted by atomic mass is 10.2. The maximum absolute atomic E-state index is 12.3. The summed E-state index contributed by atoms with van der Waals surface area (Å²) in [6, 6.07) is 6.97. The minimum atomic E-state index is -0.976. The number of rotatable bonds is 7. The van der Waals surface area contributed by atoms with E-state index in [9.17, 15) is 14.4 Å². The zero-order valence-electron chi connectivity index (χ0n) is 15.6. The second-order valence-electron chi connectivity index (χ2n) is 6.27. The van der Waals surface area contributed by atoms with Crippen molar-refractivity contribution in [2.24, 2.45) is 0 Å². The molecule has 28 heavy (non-hydrogen) atoms. The summed E-state index contributed by atoms with van der Waals surface area (Å²) < 4.78 is 10.4. The molecule has 0 bridgehead atoms. The number of esters is 1. The van der Waals surface area contributed by atoms with Gasteiger partial charge in [-0.25, -0.2) is 4.98 Å². The maximum Gasteiger partial charge on any atom is 0.312 e. The monoisotopic (exact) mass is 403 g/mol. The van der Waals surface area contributed by atoms with E-state index in [0.717, 1.165) is 6.42 Å². The first-order chi connectivity index (χ1) is 13.5. The SMILES string of the molecule is COc1ccccc1NC(=O)C(C)OC(=O)Cc1csc(N2CCCC2=O)n1. The van der Waals surface area contributed by atoms with E-state index in [1.54, 1.807) is 34.5 Å². The van der Waals surface area contributed by atoms with Gasteiger partial charge in [0.1, 0.15) is 5.75 Å². The van der Waals surface area contributed by atoms with Gasteiger partial charge in [-0.3, -0.25) is 19.3 Å². The Labute approximate surface area is 166 Å². The molecule has 2 aromatic rings. The van der Waals surface area contributed by atoms with E-state index in [1.165, 1.54) is 25.4 Å². The molecule has 1 unspecified atom stereocenters. The van der Waals surface area contributed by atoms with Crippen LogP contribution in [0.15, 0.2) is 29.6 Å². The number of para-hydroxylation sites is 2. The van der Waals surface area contributed by atoms with Gasteiger partial charge >= 0.3 is 5.97 Å². The van der Waals surface area contributed by atoms with Crippen molar-refractivity contribution in [3.63, 3.8) is 0 Å². The molecule has 1 atom stereocenters. The van der Waals surface area contributed by atoms with E-state index < -0.39 is 18.0 Å². The fourth-order valence-corrected chi connectivity index (χ4v) is 3.64. The van der Waals surface area contributed by atoms with Crippen LogP contribution in [0.1, 0.15) is 25.5 Å². The van der Waals surface area contributed by atoms with Crippen molar-refractivity contribution in [2.75, 3.05) is 23.9 Å². The highest BCUT2D eigenvalue weighted by Gasteiger charge is 2.25. The van der Waals surface area contributed by atoms with Crippen molar-refractivity contribution < 1.29 is 23.9 Å². The Morgan fingerprint density at radius 1 is 1.36 bits per heavy atom. The molecule has 0 spiro atoms. The van der Waals surface area contributed by atoms with Gasteiger partial charge in [0.15, 0.2) is 11.2 Å². The molecule has 1 aliphatic rings. The molecule has 3 rings (SSSR count). The van der Waals surface area contributed by atoms with Crippen molar-refractivity contribution in [1.82, 2.24) is 4.98 Å². The number of carbonyl (C=O) groups is 3. The molecule has 2 amide bonds. The molecule has 1 aromatic heterocycles. The fraction of sp³-hybridized carbons (Fsp3) is 0.368. The van der Waals surface area contributed by atoms with E-state index in [0.29, 0.717) is 35.2 Å². The minimum absolute atomic E-state index is 0.0464. The third-order valence-corrected chi connectivity index (χ3v) is 5.12. The van der Waals surface area contributed by atoms with Crippen molar-refractivity contribution in [3.05, 3.63) is 35.3 Å². The van der Waals surface area contributed by atoms with Crippen LogP contribution < -0.4 is 15.0 Å². The van der Waals surface area contributed by atoms with Crippen LogP contribution in [0.5, 0.6) is 5.75 Å². The molecule has 9 heteroatoms. The third kappa shape index (κ3) is 4.66. The Morgan fingerprint density at radius 3 is 2.86 bits per heavy atom. The van der Waals surface area contributed by atoms with Crippen LogP contribution in [0.2, 0.25) is 0 Å². The summed E-state index contributed by atoms with van der Waals surface area (Å²) in [4.78, 5) is 42.2. The lowest BCUT2D eigenvalue weighted by molar-refractivity contribution is -0.152. The largest absolute Gasteiger partial charge is 0.495 e. The Bertz CT molecular complexity index is 882. The molecule has 2 heterocycles. The summed E-state index contributed by atoms with van der Waals surface area (Å²) in [5, 5.41) is 4.99. The van der Waals surface area contributed by atoms with Gasteiger partial charge in [0, 0.05) is 18.3 Å². The van der Waals surface area contributed by atoms with Gasteiger partial charge in [-0.1, -0.05) is 12.1 Å². The summed E-state index contributed by atoms with van der Waals surface area (Å²) in [7, 11) is 1.51. The van der Waals surface area contributed by atoms with Crippen LogP contribution >= 0.6 is 11.3 Å². The zero-order valence-corrected chi connectivity index (χ0v) is 16.5. The van der Waals surface area contributed by atoms with Gasteiger partial charge in [0.05, 0.1) is 24.9 Å². The van der Waals surface area contributed by atoms with Crippen LogP contribution in [0.3, 0.4) is 0 Å². The van der Waals surface area contributed by atoms with Gasteiger partial charge in [-0.15, -0.1) is 11.3 Å². The smallest absolute Gasteiger partial charge is 0.312 e. The number of carbonyl (C=O) groups excluding carboxylic acids is 3. The highest BCUT2D eigenvalue weighted by atomic mass is 32.1. The van der Waals surface area contributed by atoms with Crippen LogP contribution in [-0.4, -0.2) is 42.5 Å². The number of hydrogen-bond acceptors (Lipinski definition) is 7. The van der Waals surface area contributed by atoms with E-state index in [1.807, 2.05) is 0 Å². The molecule has 0 saturated carbocycles. The number of anilines is 2. The zero-order chi connectivity index (χ0) is 20.1. The fourth-order valence-electron chi connectivity index (χ4n) is 2.77. The first-order valence-corrected chi connectivity index (χ1v) is 9.74. The van der Waals surface area contributed by atoms with E-state index >= 15 is 0 Å². The molecule has 1 N–H and O–H groups in total. The first kappa shape index (κ1) is 19.8. The second-order valence-corrected chi connectivity index (χ2v) is 7.11. The molecule has 1 saturated heterocycles. The first-order valence-electron chi connectivity index (χ1n) is 8.86. The molecule has 1 aromatic carbocycles. The summed E-state index contributed by atoms with van der Waals surface area (Å²) >= 11 is 1.32. The molecular formula is C19H21N3O5S. The molecule has 1 aliphatic heterocycles. The summed E-state index contributed by atoms with van der Waals surface area (Å²) in [5.41, 5.74) is 1.01. The van der Waals surface area contributed by atoms with Gasteiger partial charge in [-0.2, -0.15) is 0 Å². The predicted molar refractivity (Wildman–Crippen MR) is 105 cm³/mol. The van der Waals surface area contributed by atoms with Crippen LogP contribution in [0, 0.1) is 0 Å². The number of benzene rings is 1. The van der Waals surface area contributed by atoms with E-state index in [4.69, 9.17) is 9.47 Å². The molecule has 8 nitrogen and oxygen atoms in total. The quantitative estimate of drug-likeness (QED) is 0.713. The summed E-state index contributed by atoms with van der Waals surface area (Å²) in [6.45, 7) is 2.15. The lowest BCUT2D eigenvalue weighted by Crippen LogP contribution is -2.30. The number of amides is 2. The van der Waals surface area contributed by atoms with E-state index in [2.05, 4.69) is 10.3 Å². The number of hydrogen-bond donors (Lipinski definition) is 1. The minimum Gasteiger partial charge on any atom is -0.495 e. The average Bonchev–Trinajstić information content (AvgIpc) is 3.30. The number of nitrogens with one attached hydrogen (secondary N) is 1. The van der Waals surface area contributed by atoms with Crippen molar-refractivity contribution in [3.8, 4) is 5.75 Å². The summed E-state index contributed by atoms with van der Waals surface area (Å²) in [5.74, 6) is -0.460. The highest BCUT2D eigenvalue weighted by Crippen LogP contribution is 2.26. The van der Waals surface area contributed by atoms with Gasteiger partial charge in [-0.05, 0) is 25.5 Å². The molecule has 148 valence electrons. The number of thiazole rings is 1. The lowest BCUT2D eigenvalue weighted by Gasteiger charge is -2.15. The van der Waals surface area contributed by atoms with Crippen molar-refractivity contribution in [2.45, 2.75) is 32.3 Å². The Hall–Kier alpha value is -2.94. The van der Waals surface area contributed by atoms with Crippen LogP contribution in [0.4, 0.5) is 10.8 Å². The normalized spacial score (nSPS) is 14.6. The Kier molecular flexibility index (Phi) is 6.25. The highest BCUT2D eigenvalue weighted by molar-refractivity contribution is 7.14. The predicted octanol–water partition coefficient (Wildman–Crippen LogP) is 2.39. The van der Waals surface area contributed by atoms with Crippen molar-refractivity contribution >= 4 is 39.9 Å². The summed E-state index contributed by atoms with van der Waals surface area (Å²) in [6.07, 6.45) is 0.297. The number of methoxy groups -OCH3 is 1.